The van der Waals surface area contributed by atoms with E-state index in [9.17, 15) is 14.4 Å². The fourth-order valence-electron chi connectivity index (χ4n) is 4.12. The predicted octanol–water partition coefficient (Wildman–Crippen LogP) is 2.74. The van der Waals surface area contributed by atoms with Gasteiger partial charge in [-0.15, -0.1) is 11.3 Å². The lowest BCUT2D eigenvalue weighted by molar-refractivity contribution is 0.0538. The van der Waals surface area contributed by atoms with Gasteiger partial charge in [-0.3, -0.25) is 14.4 Å². The molecular formula is C23H27N5O3S. The lowest BCUT2D eigenvalue weighted by atomic mass is 10.1. The van der Waals surface area contributed by atoms with Crippen LogP contribution in [-0.2, 0) is 0 Å². The van der Waals surface area contributed by atoms with Crippen molar-refractivity contribution in [3.8, 4) is 0 Å². The molecule has 1 aliphatic rings. The summed E-state index contributed by atoms with van der Waals surface area (Å²) in [5, 5.41) is 0.475. The zero-order chi connectivity index (χ0) is 22.8. The molecule has 3 aromatic rings. The summed E-state index contributed by atoms with van der Waals surface area (Å²) in [6.45, 7) is 9.71. The van der Waals surface area contributed by atoms with Crippen LogP contribution in [0.5, 0.6) is 0 Å². The van der Waals surface area contributed by atoms with Gasteiger partial charge in [0.05, 0.1) is 16.6 Å². The third-order valence-electron chi connectivity index (χ3n) is 6.02. The standard InChI is InChI=1S/C23H27N5O3S/c1-4-26(5-2)17-8-6-16(7-9-17)22(30)27-10-12-28(13-11-27)23(31)19-15(3)18-20(29)24-14-25-21(18)32-19/h6-9,14H,4-5,10-13H2,1-3H3,(H,24,25,29). The number of amides is 2. The van der Waals surface area contributed by atoms with Gasteiger partial charge < -0.3 is 19.7 Å². The molecule has 168 valence electrons. The highest BCUT2D eigenvalue weighted by molar-refractivity contribution is 7.20. The van der Waals surface area contributed by atoms with Gasteiger partial charge in [-0.2, -0.15) is 0 Å². The molecule has 1 saturated heterocycles. The summed E-state index contributed by atoms with van der Waals surface area (Å²) in [6, 6.07) is 7.72. The van der Waals surface area contributed by atoms with E-state index in [4.69, 9.17) is 0 Å². The SMILES string of the molecule is CCN(CC)c1ccc(C(=O)N2CCN(C(=O)c3sc4nc[nH]c(=O)c4c3C)CC2)cc1. The third kappa shape index (κ3) is 4.00. The summed E-state index contributed by atoms with van der Waals surface area (Å²) in [7, 11) is 0. The molecule has 0 radical (unpaired) electrons. The lowest BCUT2D eigenvalue weighted by Crippen LogP contribution is -2.50. The fraction of sp³-hybridized carbons (Fsp3) is 0.391. The largest absolute Gasteiger partial charge is 0.372 e. The molecule has 3 heterocycles. The summed E-state index contributed by atoms with van der Waals surface area (Å²) >= 11 is 1.24. The first-order chi connectivity index (χ1) is 15.4. The summed E-state index contributed by atoms with van der Waals surface area (Å²) in [6.07, 6.45) is 1.35. The normalized spacial score (nSPS) is 14.1. The van der Waals surface area contributed by atoms with Crippen molar-refractivity contribution in [2.24, 2.45) is 0 Å². The van der Waals surface area contributed by atoms with E-state index in [-0.39, 0.29) is 17.4 Å². The number of nitrogens with zero attached hydrogens (tertiary/aromatic N) is 4. The van der Waals surface area contributed by atoms with Crippen molar-refractivity contribution in [1.29, 1.82) is 0 Å². The van der Waals surface area contributed by atoms with E-state index >= 15 is 0 Å². The van der Waals surface area contributed by atoms with Gasteiger partial charge in [0.1, 0.15) is 4.83 Å². The Morgan fingerprint density at radius 1 is 1.03 bits per heavy atom. The number of aromatic nitrogens is 2. The van der Waals surface area contributed by atoms with Gasteiger partial charge in [-0.25, -0.2) is 4.98 Å². The first-order valence-corrected chi connectivity index (χ1v) is 11.7. The van der Waals surface area contributed by atoms with Crippen molar-refractivity contribution in [3.63, 3.8) is 0 Å². The van der Waals surface area contributed by atoms with Crippen molar-refractivity contribution in [2.45, 2.75) is 20.8 Å². The third-order valence-corrected chi connectivity index (χ3v) is 7.21. The highest BCUT2D eigenvalue weighted by Gasteiger charge is 2.28. The number of fused-ring (bicyclic) bond motifs is 1. The van der Waals surface area contributed by atoms with Crippen LogP contribution in [0.2, 0.25) is 0 Å². The molecule has 9 heteroatoms. The zero-order valence-corrected chi connectivity index (χ0v) is 19.4. The van der Waals surface area contributed by atoms with E-state index in [0.29, 0.717) is 52.4 Å². The van der Waals surface area contributed by atoms with E-state index in [1.54, 1.807) is 16.7 Å². The number of thiophene rings is 1. The van der Waals surface area contributed by atoms with Crippen LogP contribution in [0.15, 0.2) is 35.4 Å². The molecule has 0 atom stereocenters. The highest BCUT2D eigenvalue weighted by Crippen LogP contribution is 2.28. The molecule has 0 bridgehead atoms. The van der Waals surface area contributed by atoms with E-state index in [1.807, 2.05) is 24.3 Å². The van der Waals surface area contributed by atoms with E-state index < -0.39 is 0 Å². The summed E-state index contributed by atoms with van der Waals surface area (Å²) < 4.78 is 0. The molecule has 0 spiro atoms. The monoisotopic (exact) mass is 453 g/mol. The number of anilines is 1. The summed E-state index contributed by atoms with van der Waals surface area (Å²) in [4.78, 5) is 51.8. The highest BCUT2D eigenvalue weighted by atomic mass is 32.1. The number of aryl methyl sites for hydroxylation is 1. The molecular weight excluding hydrogens is 426 g/mol. The summed E-state index contributed by atoms with van der Waals surface area (Å²) in [5.41, 5.74) is 2.20. The van der Waals surface area contributed by atoms with E-state index in [1.165, 1.54) is 17.7 Å². The number of benzene rings is 1. The van der Waals surface area contributed by atoms with Crippen LogP contribution < -0.4 is 10.5 Å². The molecule has 32 heavy (non-hydrogen) atoms. The number of aromatic amines is 1. The molecule has 0 saturated carbocycles. The van der Waals surface area contributed by atoms with Gasteiger partial charge in [0.2, 0.25) is 0 Å². The number of carbonyl (C=O) groups excluding carboxylic acids is 2. The molecule has 8 nitrogen and oxygen atoms in total. The summed E-state index contributed by atoms with van der Waals surface area (Å²) in [5.74, 6) is -0.127. The van der Waals surface area contributed by atoms with Crippen molar-refractivity contribution in [2.75, 3.05) is 44.2 Å². The molecule has 1 N–H and O–H groups in total. The lowest BCUT2D eigenvalue weighted by Gasteiger charge is -2.34. The van der Waals surface area contributed by atoms with Gasteiger partial charge in [-0.05, 0) is 50.6 Å². The Morgan fingerprint density at radius 2 is 1.62 bits per heavy atom. The van der Waals surface area contributed by atoms with Gasteiger partial charge in [0, 0.05) is 50.5 Å². The van der Waals surface area contributed by atoms with Crippen LogP contribution in [0.3, 0.4) is 0 Å². The number of hydrogen-bond donors (Lipinski definition) is 1. The number of hydrogen-bond acceptors (Lipinski definition) is 6. The second-order valence-electron chi connectivity index (χ2n) is 7.77. The molecule has 0 aliphatic carbocycles. The van der Waals surface area contributed by atoms with Gasteiger partial charge in [-0.1, -0.05) is 0 Å². The Morgan fingerprint density at radius 3 is 2.19 bits per heavy atom. The first kappa shape index (κ1) is 22.0. The maximum atomic E-state index is 13.1. The number of H-pyrrole nitrogens is 1. The topological polar surface area (TPSA) is 89.6 Å². The van der Waals surface area contributed by atoms with Crippen molar-refractivity contribution < 1.29 is 9.59 Å². The van der Waals surface area contributed by atoms with Crippen molar-refractivity contribution in [1.82, 2.24) is 19.8 Å². The van der Waals surface area contributed by atoms with Gasteiger partial charge >= 0.3 is 0 Å². The molecule has 1 aliphatic heterocycles. The number of carbonyl (C=O) groups is 2. The molecule has 2 amide bonds. The van der Waals surface area contributed by atoms with Crippen LogP contribution in [0.1, 0.15) is 39.4 Å². The molecule has 2 aromatic heterocycles. The van der Waals surface area contributed by atoms with Crippen LogP contribution >= 0.6 is 11.3 Å². The van der Waals surface area contributed by atoms with Crippen LogP contribution in [-0.4, -0.2) is 70.9 Å². The maximum Gasteiger partial charge on any atom is 0.264 e. The van der Waals surface area contributed by atoms with Crippen molar-refractivity contribution >= 4 is 39.1 Å². The first-order valence-electron chi connectivity index (χ1n) is 10.8. The average Bonchev–Trinajstić information content (AvgIpc) is 3.17. The minimum atomic E-state index is -0.231. The Bertz CT molecular complexity index is 1190. The quantitative estimate of drug-likeness (QED) is 0.642. The number of nitrogens with one attached hydrogen (secondary N) is 1. The molecule has 0 unspecified atom stereocenters. The van der Waals surface area contributed by atoms with Crippen molar-refractivity contribution in [3.05, 3.63) is 57.0 Å². The average molecular weight is 454 g/mol. The molecule has 1 fully saturated rings. The Hall–Kier alpha value is -3.20. The Labute approximate surface area is 190 Å². The van der Waals surface area contributed by atoms with Gasteiger partial charge in [0.15, 0.2) is 0 Å². The zero-order valence-electron chi connectivity index (χ0n) is 18.6. The van der Waals surface area contributed by atoms with Gasteiger partial charge in [0.25, 0.3) is 17.4 Å². The number of rotatable bonds is 5. The number of piperazine rings is 1. The Balaban J connectivity index is 1.42. The molecule has 1 aromatic carbocycles. The Kier molecular flexibility index (Phi) is 6.27. The van der Waals surface area contributed by atoms with E-state index in [2.05, 4.69) is 28.7 Å². The fourth-order valence-corrected chi connectivity index (χ4v) is 5.24. The minimum Gasteiger partial charge on any atom is -0.372 e. The second kappa shape index (κ2) is 9.12. The van der Waals surface area contributed by atoms with E-state index in [0.717, 1.165) is 18.8 Å². The second-order valence-corrected chi connectivity index (χ2v) is 8.77. The smallest absolute Gasteiger partial charge is 0.264 e. The van der Waals surface area contributed by atoms with Crippen LogP contribution in [0.25, 0.3) is 10.2 Å². The van der Waals surface area contributed by atoms with Crippen LogP contribution in [0.4, 0.5) is 5.69 Å². The van der Waals surface area contributed by atoms with Crippen LogP contribution in [0, 0.1) is 6.92 Å². The predicted molar refractivity (Wildman–Crippen MR) is 127 cm³/mol. The minimum absolute atomic E-state index is 0.0167. The maximum absolute atomic E-state index is 13.1. The molecule has 4 rings (SSSR count).